The molecule has 0 aromatic heterocycles. The van der Waals surface area contributed by atoms with Gasteiger partial charge in [0.25, 0.3) is 0 Å². The lowest BCUT2D eigenvalue weighted by molar-refractivity contribution is -0.677. The van der Waals surface area contributed by atoms with Gasteiger partial charge in [-0.2, -0.15) is 4.84 Å². The van der Waals surface area contributed by atoms with E-state index in [1.807, 2.05) is 13.0 Å². The summed E-state index contributed by atoms with van der Waals surface area (Å²) in [6, 6.07) is 8.13. The predicted molar refractivity (Wildman–Crippen MR) is 120 cm³/mol. The quantitative estimate of drug-likeness (QED) is 0.324. The Morgan fingerprint density at radius 1 is 0.971 bits per heavy atom. The highest BCUT2D eigenvalue weighted by atomic mass is 19.4. The van der Waals surface area contributed by atoms with Crippen molar-refractivity contribution in [2.24, 2.45) is 0 Å². The molecule has 0 atom stereocenters. The average molecular weight is 474 g/mol. The maximum atomic E-state index is 13.2. The van der Waals surface area contributed by atoms with Crippen molar-refractivity contribution in [2.45, 2.75) is 71.1 Å². The molecule has 0 radical (unpaired) electrons. The summed E-state index contributed by atoms with van der Waals surface area (Å²) in [6.07, 6.45) is -2.00. The molecule has 2 aliphatic rings. The molecule has 0 unspecified atom stereocenters. The third-order valence-corrected chi connectivity index (χ3v) is 6.73. The molecule has 1 heterocycles. The van der Waals surface area contributed by atoms with E-state index in [0.717, 1.165) is 28.7 Å². The summed E-state index contributed by atoms with van der Waals surface area (Å²) in [7, 11) is 0. The number of alkyl halides is 3. The third-order valence-electron chi connectivity index (χ3n) is 6.73. The summed E-state index contributed by atoms with van der Waals surface area (Å²) in [4.78, 5) is 28.2. The molecule has 1 amide bonds. The second-order valence-electron chi connectivity index (χ2n) is 10.3. The number of halogens is 3. The molecular formula is C26H27F3NO4+. The normalized spacial score (nSPS) is 20.3. The molecule has 0 bridgehead atoms. The van der Waals surface area contributed by atoms with Crippen LogP contribution in [0.3, 0.4) is 0 Å². The average Bonchev–Trinajstić information content (AvgIpc) is 3.02. The van der Waals surface area contributed by atoms with Crippen LogP contribution in [0.4, 0.5) is 13.2 Å². The van der Waals surface area contributed by atoms with Gasteiger partial charge in [-0.1, -0.05) is 33.8 Å². The summed E-state index contributed by atoms with van der Waals surface area (Å²) in [5, 5.41) is 0. The minimum atomic E-state index is -4.87. The first-order valence-electron chi connectivity index (χ1n) is 11.1. The number of hydrogen-bond acceptors (Lipinski definition) is 4. The lowest BCUT2D eigenvalue weighted by Crippen LogP contribution is -2.34. The van der Waals surface area contributed by atoms with Gasteiger partial charge in [0.1, 0.15) is 5.75 Å². The van der Waals surface area contributed by atoms with Crippen LogP contribution < -0.4 is 4.74 Å². The molecule has 0 spiro atoms. The summed E-state index contributed by atoms with van der Waals surface area (Å²) < 4.78 is 44.8. The largest absolute Gasteiger partial charge is 0.573 e. The van der Waals surface area contributed by atoms with E-state index >= 15 is 0 Å². The van der Waals surface area contributed by atoms with E-state index < -0.39 is 18.2 Å². The fourth-order valence-electron chi connectivity index (χ4n) is 4.69. The van der Waals surface area contributed by atoms with Crippen molar-refractivity contribution in [3.63, 3.8) is 0 Å². The Morgan fingerprint density at radius 3 is 2.15 bits per heavy atom. The third kappa shape index (κ3) is 4.58. The highest BCUT2D eigenvalue weighted by Crippen LogP contribution is 2.48. The van der Waals surface area contributed by atoms with Crippen LogP contribution in [0.2, 0.25) is 0 Å². The maximum Gasteiger partial charge on any atom is 0.573 e. The van der Waals surface area contributed by atoms with E-state index in [-0.39, 0.29) is 28.6 Å². The molecule has 0 saturated carbocycles. The first kappa shape index (κ1) is 24.0. The van der Waals surface area contributed by atoms with E-state index in [1.165, 1.54) is 30.0 Å². The van der Waals surface area contributed by atoms with Crippen LogP contribution >= 0.6 is 0 Å². The highest BCUT2D eigenvalue weighted by Gasteiger charge is 2.39. The Balaban J connectivity index is 1.91. The van der Waals surface area contributed by atoms with Crippen LogP contribution in [0.1, 0.15) is 69.2 Å². The van der Waals surface area contributed by atoms with Gasteiger partial charge in [-0.3, -0.25) is 0 Å². The zero-order chi connectivity index (χ0) is 25.1. The molecule has 2 aromatic carbocycles. The highest BCUT2D eigenvalue weighted by molar-refractivity contribution is 5.96. The van der Waals surface area contributed by atoms with E-state index in [9.17, 15) is 22.8 Å². The lowest BCUT2D eigenvalue weighted by atomic mass is 9.62. The number of ether oxygens (including phenoxy) is 1. The van der Waals surface area contributed by atoms with Gasteiger partial charge in [-0.25, -0.2) is 9.59 Å². The number of hydrogen-bond donors (Lipinski definition) is 0. The minimum absolute atomic E-state index is 0.0466. The lowest BCUT2D eigenvalue weighted by Gasteiger charge is -2.42. The number of amides is 1. The number of carbonyl (C=O) groups is 2. The topological polar surface area (TPSA) is 55.6 Å². The molecule has 8 heteroatoms. The maximum absolute atomic E-state index is 13.2. The summed E-state index contributed by atoms with van der Waals surface area (Å²) in [6.45, 7) is 10.5. The fraction of sp³-hybridized carbons (Fsp3) is 0.423. The smallest absolute Gasteiger partial charge is 0.405 e. The van der Waals surface area contributed by atoms with Crippen LogP contribution in [0.25, 0.3) is 11.1 Å². The molecule has 4 rings (SSSR count). The molecule has 1 fully saturated rings. The molecular weight excluding hydrogens is 447 g/mol. The number of hydroxylamine groups is 1. The van der Waals surface area contributed by atoms with Crippen LogP contribution in [0.5, 0.6) is 5.75 Å². The molecule has 1 aliphatic carbocycles. The zero-order valence-electron chi connectivity index (χ0n) is 19.8. The van der Waals surface area contributed by atoms with Gasteiger partial charge in [-0.15, -0.1) is 13.2 Å². The van der Waals surface area contributed by atoms with Crippen molar-refractivity contribution < 1.29 is 37.1 Å². The van der Waals surface area contributed by atoms with Crippen molar-refractivity contribution >= 4 is 18.1 Å². The SMILES string of the molecule is Cc1cc2c(cc1-c1cc(/C=[N+]3\OC(=O)CC3=O)ccc1OC(F)(F)F)C(C)(C)CCC2(C)C. The van der Waals surface area contributed by atoms with E-state index in [0.29, 0.717) is 11.1 Å². The monoisotopic (exact) mass is 474 g/mol. The van der Waals surface area contributed by atoms with Crippen molar-refractivity contribution in [1.82, 2.24) is 0 Å². The molecule has 5 nitrogen and oxygen atoms in total. The van der Waals surface area contributed by atoms with Crippen molar-refractivity contribution in [1.29, 1.82) is 0 Å². The number of fused-ring (bicyclic) bond motifs is 1. The Morgan fingerprint density at radius 2 is 1.59 bits per heavy atom. The molecule has 34 heavy (non-hydrogen) atoms. The van der Waals surface area contributed by atoms with Crippen molar-refractivity contribution in [2.75, 3.05) is 0 Å². The number of carbonyl (C=O) groups excluding carboxylic acids is 2. The van der Waals surface area contributed by atoms with Crippen molar-refractivity contribution in [3.05, 3.63) is 52.6 Å². The second kappa shape index (κ2) is 7.96. The van der Waals surface area contributed by atoms with Gasteiger partial charge in [0.2, 0.25) is 6.21 Å². The van der Waals surface area contributed by atoms with Gasteiger partial charge in [0.05, 0.1) is 4.74 Å². The number of nitrogens with zero attached hydrogens (tertiary/aromatic N) is 1. The second-order valence-corrected chi connectivity index (χ2v) is 10.3. The minimum Gasteiger partial charge on any atom is -0.405 e. The molecule has 0 N–H and O–H groups in total. The van der Waals surface area contributed by atoms with E-state index in [1.54, 1.807) is 0 Å². The number of aryl methyl sites for hydroxylation is 1. The molecule has 1 saturated heterocycles. The Kier molecular flexibility index (Phi) is 5.61. The van der Waals surface area contributed by atoms with Gasteiger partial charge >= 0.3 is 18.2 Å². The zero-order valence-corrected chi connectivity index (χ0v) is 19.8. The van der Waals surface area contributed by atoms with Gasteiger partial charge in [0, 0.05) is 11.1 Å². The summed E-state index contributed by atoms with van der Waals surface area (Å²) in [5.74, 6) is -1.57. The van der Waals surface area contributed by atoms with Crippen molar-refractivity contribution in [3.8, 4) is 16.9 Å². The van der Waals surface area contributed by atoms with Crippen LogP contribution in [0.15, 0.2) is 30.3 Å². The first-order chi connectivity index (χ1) is 15.7. The van der Waals surface area contributed by atoms with Crippen LogP contribution in [-0.4, -0.2) is 29.2 Å². The standard InChI is InChI=1S/C26H27F3NO4/c1-15-10-19-20(25(4,5)9-8-24(19,2)3)12-17(15)18-11-16(6-7-21(18)33-26(27,28)29)14-30-22(31)13-23(32)34-30/h6-7,10-12,14H,8-9,13H2,1-5H3/q+1/b30-14-. The Hall–Kier alpha value is -3.16. The summed E-state index contributed by atoms with van der Waals surface area (Å²) >= 11 is 0. The van der Waals surface area contributed by atoms with Crippen LogP contribution in [-0.2, 0) is 25.3 Å². The van der Waals surface area contributed by atoms with E-state index in [4.69, 9.17) is 4.84 Å². The Bertz CT molecular complexity index is 1230. The van der Waals surface area contributed by atoms with Gasteiger partial charge in [0.15, 0.2) is 6.42 Å². The van der Waals surface area contributed by atoms with Crippen LogP contribution in [0, 0.1) is 6.92 Å². The van der Waals surface area contributed by atoms with E-state index in [2.05, 4.69) is 38.5 Å². The van der Waals surface area contributed by atoms with Gasteiger partial charge < -0.3 is 4.74 Å². The molecule has 180 valence electrons. The Labute approximate surface area is 196 Å². The number of benzene rings is 2. The first-order valence-corrected chi connectivity index (χ1v) is 11.1. The van der Waals surface area contributed by atoms with Gasteiger partial charge in [-0.05, 0) is 77.1 Å². The molecule has 2 aromatic rings. The molecule has 1 aliphatic heterocycles. The fourth-order valence-corrected chi connectivity index (χ4v) is 4.69. The summed E-state index contributed by atoms with van der Waals surface area (Å²) in [5.41, 5.74) is 4.17. The number of rotatable bonds is 3. The predicted octanol–water partition coefficient (Wildman–Crippen LogP) is 5.73.